The third-order valence-corrected chi connectivity index (χ3v) is 1.93. The first-order valence-electron chi connectivity index (χ1n) is 3.64. The molecule has 0 unspecified atom stereocenters. The van der Waals surface area contributed by atoms with Gasteiger partial charge in [0.15, 0.2) is 0 Å². The number of imide groups is 1. The molecule has 0 radical (unpaired) electrons. The van der Waals surface area contributed by atoms with Gasteiger partial charge in [-0.05, 0) is 22.0 Å². The fourth-order valence-corrected chi connectivity index (χ4v) is 1.50. The van der Waals surface area contributed by atoms with Crippen LogP contribution in [0.1, 0.15) is 17.4 Å². The molecule has 4 nitrogen and oxygen atoms in total. The predicted molar refractivity (Wildman–Crippen MR) is 51.3 cm³/mol. The number of hydrogen-bond donors (Lipinski definition) is 1. The Morgan fingerprint density at radius 1 is 1.54 bits per heavy atom. The number of carbonyl (C=O) groups is 2. The average Bonchev–Trinajstić information content (AvgIpc) is 2.28. The number of rotatable bonds is 1. The van der Waals surface area contributed by atoms with Gasteiger partial charge in [-0.2, -0.15) is 0 Å². The molecule has 0 aliphatic heterocycles. The Labute approximate surface area is 84.1 Å². The molecule has 13 heavy (non-hydrogen) atoms. The molecule has 0 aromatic carbocycles. The van der Waals surface area contributed by atoms with E-state index in [0.717, 1.165) is 4.47 Å². The number of halogens is 1. The molecule has 0 spiro atoms. The van der Waals surface area contributed by atoms with Crippen LogP contribution < -0.4 is 5.32 Å². The van der Waals surface area contributed by atoms with Crippen molar-refractivity contribution in [2.75, 3.05) is 0 Å². The van der Waals surface area contributed by atoms with Gasteiger partial charge in [0.1, 0.15) is 5.69 Å². The van der Waals surface area contributed by atoms with Gasteiger partial charge >= 0.3 is 0 Å². The molecule has 1 aromatic heterocycles. The minimum Gasteiger partial charge on any atom is -0.345 e. The molecule has 0 aliphatic rings. The molecule has 1 heterocycles. The van der Waals surface area contributed by atoms with E-state index in [9.17, 15) is 9.59 Å². The molecular weight excluding hydrogens is 236 g/mol. The van der Waals surface area contributed by atoms with Crippen molar-refractivity contribution in [1.29, 1.82) is 0 Å². The fourth-order valence-electron chi connectivity index (χ4n) is 0.974. The summed E-state index contributed by atoms with van der Waals surface area (Å²) in [6, 6.07) is 1.65. The second-order valence-corrected chi connectivity index (χ2v) is 3.58. The number of amides is 2. The second kappa shape index (κ2) is 3.74. The van der Waals surface area contributed by atoms with E-state index in [-0.39, 0.29) is 11.8 Å². The van der Waals surface area contributed by atoms with Crippen molar-refractivity contribution < 1.29 is 9.59 Å². The molecular formula is C8H9BrN2O2. The molecule has 1 N–H and O–H groups in total. The van der Waals surface area contributed by atoms with Crippen molar-refractivity contribution in [3.63, 3.8) is 0 Å². The van der Waals surface area contributed by atoms with Crippen molar-refractivity contribution >= 4 is 27.7 Å². The minimum absolute atomic E-state index is 0.359. The van der Waals surface area contributed by atoms with Crippen molar-refractivity contribution in [2.45, 2.75) is 6.92 Å². The Morgan fingerprint density at radius 2 is 2.15 bits per heavy atom. The Balaban J connectivity index is 2.88. The minimum atomic E-state index is -0.388. The van der Waals surface area contributed by atoms with E-state index >= 15 is 0 Å². The Bertz CT molecular complexity index is 357. The fraction of sp³-hybridized carbons (Fsp3) is 0.250. The maximum Gasteiger partial charge on any atom is 0.274 e. The van der Waals surface area contributed by atoms with E-state index in [1.807, 2.05) is 0 Å². The van der Waals surface area contributed by atoms with E-state index in [0.29, 0.717) is 5.69 Å². The first kappa shape index (κ1) is 9.98. The van der Waals surface area contributed by atoms with Crippen LogP contribution in [0.15, 0.2) is 16.7 Å². The van der Waals surface area contributed by atoms with Crippen LogP contribution in [0, 0.1) is 0 Å². The van der Waals surface area contributed by atoms with Gasteiger partial charge in [-0.1, -0.05) is 0 Å². The highest BCUT2D eigenvalue weighted by atomic mass is 79.9. The maximum absolute atomic E-state index is 11.3. The monoisotopic (exact) mass is 244 g/mol. The van der Waals surface area contributed by atoms with Crippen LogP contribution in [0.4, 0.5) is 0 Å². The van der Waals surface area contributed by atoms with Gasteiger partial charge in [-0.15, -0.1) is 0 Å². The summed E-state index contributed by atoms with van der Waals surface area (Å²) in [4.78, 5) is 21.9. The summed E-state index contributed by atoms with van der Waals surface area (Å²) in [7, 11) is 1.74. The first-order valence-corrected chi connectivity index (χ1v) is 4.44. The summed E-state index contributed by atoms with van der Waals surface area (Å²) >= 11 is 3.23. The number of aryl methyl sites for hydroxylation is 1. The van der Waals surface area contributed by atoms with Crippen molar-refractivity contribution in [1.82, 2.24) is 9.88 Å². The molecule has 2 amide bonds. The van der Waals surface area contributed by atoms with Gasteiger partial charge in [-0.25, -0.2) is 0 Å². The molecule has 0 fully saturated rings. The predicted octanol–water partition coefficient (Wildman–Crippen LogP) is 1.06. The van der Waals surface area contributed by atoms with Crippen LogP contribution in [-0.2, 0) is 11.8 Å². The van der Waals surface area contributed by atoms with Gasteiger partial charge in [0.05, 0.1) is 0 Å². The number of nitrogens with zero attached hydrogens (tertiary/aromatic N) is 1. The molecule has 70 valence electrons. The summed E-state index contributed by atoms with van der Waals surface area (Å²) in [5, 5.41) is 2.19. The molecule has 0 saturated heterocycles. The molecule has 1 aromatic rings. The van der Waals surface area contributed by atoms with Gasteiger partial charge in [0, 0.05) is 24.6 Å². The van der Waals surface area contributed by atoms with Crippen molar-refractivity contribution in [3.05, 3.63) is 22.4 Å². The Kier molecular flexibility index (Phi) is 2.87. The number of carbonyl (C=O) groups excluding carboxylic acids is 2. The zero-order valence-electron chi connectivity index (χ0n) is 7.30. The quantitative estimate of drug-likeness (QED) is 0.804. The molecule has 5 heteroatoms. The average molecular weight is 245 g/mol. The van der Waals surface area contributed by atoms with E-state index in [1.54, 1.807) is 23.9 Å². The summed E-state index contributed by atoms with van der Waals surface area (Å²) < 4.78 is 2.45. The molecule has 0 atom stereocenters. The van der Waals surface area contributed by atoms with Crippen LogP contribution in [0.2, 0.25) is 0 Å². The second-order valence-electron chi connectivity index (χ2n) is 2.66. The number of hydrogen-bond acceptors (Lipinski definition) is 2. The van der Waals surface area contributed by atoms with E-state index in [1.165, 1.54) is 6.92 Å². The lowest BCUT2D eigenvalue weighted by atomic mass is 10.4. The zero-order valence-corrected chi connectivity index (χ0v) is 8.88. The highest BCUT2D eigenvalue weighted by molar-refractivity contribution is 9.10. The highest BCUT2D eigenvalue weighted by Gasteiger charge is 2.11. The maximum atomic E-state index is 11.3. The summed E-state index contributed by atoms with van der Waals surface area (Å²) in [6.45, 7) is 1.30. The molecule has 0 aliphatic carbocycles. The van der Waals surface area contributed by atoms with Gasteiger partial charge < -0.3 is 4.57 Å². The smallest absolute Gasteiger partial charge is 0.274 e. The summed E-state index contributed by atoms with van der Waals surface area (Å²) in [5.41, 5.74) is 0.446. The van der Waals surface area contributed by atoms with Crippen LogP contribution in [0.25, 0.3) is 0 Å². The van der Waals surface area contributed by atoms with Crippen LogP contribution in [0.3, 0.4) is 0 Å². The lowest BCUT2D eigenvalue weighted by molar-refractivity contribution is -0.118. The van der Waals surface area contributed by atoms with E-state index in [2.05, 4.69) is 21.2 Å². The highest BCUT2D eigenvalue weighted by Crippen LogP contribution is 2.13. The molecule has 1 rings (SSSR count). The third-order valence-electron chi connectivity index (χ3n) is 1.49. The SMILES string of the molecule is CC(=O)NC(=O)c1cc(Br)cn1C. The van der Waals surface area contributed by atoms with Gasteiger partial charge in [0.25, 0.3) is 5.91 Å². The standard InChI is InChI=1S/C8H9BrN2O2/c1-5(12)10-8(13)7-3-6(9)4-11(7)2/h3-4H,1-2H3,(H,10,12,13). The molecule has 0 saturated carbocycles. The third kappa shape index (κ3) is 2.42. The van der Waals surface area contributed by atoms with Crippen LogP contribution in [-0.4, -0.2) is 16.4 Å². The zero-order chi connectivity index (χ0) is 10.0. The largest absolute Gasteiger partial charge is 0.345 e. The number of nitrogens with one attached hydrogen (secondary N) is 1. The van der Waals surface area contributed by atoms with E-state index in [4.69, 9.17) is 0 Å². The van der Waals surface area contributed by atoms with Gasteiger partial charge in [0.2, 0.25) is 5.91 Å². The Morgan fingerprint density at radius 3 is 2.54 bits per heavy atom. The summed E-state index contributed by atoms with van der Waals surface area (Å²) in [6.07, 6.45) is 1.75. The number of aromatic nitrogens is 1. The Hall–Kier alpha value is -1.10. The lowest BCUT2D eigenvalue weighted by Gasteiger charge is -2.01. The van der Waals surface area contributed by atoms with Gasteiger partial charge in [-0.3, -0.25) is 14.9 Å². The normalized spacial score (nSPS) is 9.77. The summed E-state index contributed by atoms with van der Waals surface area (Å²) in [5.74, 6) is -0.747. The topological polar surface area (TPSA) is 51.1 Å². The van der Waals surface area contributed by atoms with Crippen molar-refractivity contribution in [2.24, 2.45) is 7.05 Å². The molecule has 0 bridgehead atoms. The first-order chi connectivity index (χ1) is 6.00. The van der Waals surface area contributed by atoms with Crippen LogP contribution >= 0.6 is 15.9 Å². The lowest BCUT2D eigenvalue weighted by Crippen LogP contribution is -2.29. The van der Waals surface area contributed by atoms with Crippen LogP contribution in [0.5, 0.6) is 0 Å². The van der Waals surface area contributed by atoms with E-state index < -0.39 is 0 Å². The van der Waals surface area contributed by atoms with Crippen molar-refractivity contribution in [3.8, 4) is 0 Å².